The van der Waals surface area contributed by atoms with Crippen LogP contribution in [-0.4, -0.2) is 56.8 Å². The number of carbonyl (C=O) groups is 2. The van der Waals surface area contributed by atoms with Crippen molar-refractivity contribution in [3.8, 4) is 11.3 Å². The first kappa shape index (κ1) is 29.7. The van der Waals surface area contributed by atoms with Crippen molar-refractivity contribution in [2.75, 3.05) is 30.8 Å². The van der Waals surface area contributed by atoms with E-state index in [1.807, 2.05) is 13.8 Å². The summed E-state index contributed by atoms with van der Waals surface area (Å²) in [6.07, 6.45) is 1.25. The van der Waals surface area contributed by atoms with E-state index in [1.165, 1.54) is 12.1 Å². The molecule has 1 aromatic carbocycles. The fourth-order valence-electron chi connectivity index (χ4n) is 6.08. The minimum atomic E-state index is -2.74. The molecule has 5 heterocycles. The van der Waals surface area contributed by atoms with Crippen LogP contribution in [0, 0.1) is 18.2 Å². The zero-order chi connectivity index (χ0) is 31.4. The highest BCUT2D eigenvalue weighted by Crippen LogP contribution is 2.44. The molecule has 2 saturated heterocycles. The van der Waals surface area contributed by atoms with Gasteiger partial charge in [-0.3, -0.25) is 14.0 Å². The van der Waals surface area contributed by atoms with Crippen LogP contribution in [0.3, 0.4) is 0 Å². The Bertz CT molecular complexity index is 1780. The molecule has 2 atom stereocenters. The number of nitrogens with two attached hydrogens (primary N) is 1. The zero-order valence-electron chi connectivity index (χ0n) is 24.5. The summed E-state index contributed by atoms with van der Waals surface area (Å²) in [6, 6.07) is 6.22. The number of benzene rings is 1. The molecule has 0 spiro atoms. The summed E-state index contributed by atoms with van der Waals surface area (Å²) < 4.78 is 49.3. The van der Waals surface area contributed by atoms with Gasteiger partial charge in [-0.25, -0.2) is 28.1 Å². The molecule has 1 amide bonds. The highest BCUT2D eigenvalue weighted by molar-refractivity contribution is 6.04. The molecule has 3 aromatic heterocycles. The van der Waals surface area contributed by atoms with Crippen LogP contribution < -0.4 is 16.4 Å². The SMILES string of the molecule is Cc1cnc(N)c2c(-c3ccc(C(=O)Nc4cc(C(F)F)ccn4)cc3F)nc([C@@]3(C(=O)C4(C)COC4)CC[C@H](C)NC3)n12. The van der Waals surface area contributed by atoms with Gasteiger partial charge in [-0.05, 0) is 63.9 Å². The number of rotatable bonds is 7. The van der Waals surface area contributed by atoms with Crippen LogP contribution in [-0.2, 0) is 14.9 Å². The Morgan fingerprint density at radius 2 is 1.98 bits per heavy atom. The molecular weight excluding hydrogens is 575 g/mol. The van der Waals surface area contributed by atoms with Crippen LogP contribution in [0.2, 0.25) is 0 Å². The molecule has 13 heteroatoms. The number of pyridine rings is 1. The Morgan fingerprint density at radius 3 is 2.61 bits per heavy atom. The molecule has 2 aliphatic rings. The summed E-state index contributed by atoms with van der Waals surface area (Å²) >= 11 is 0. The van der Waals surface area contributed by atoms with Crippen molar-refractivity contribution < 1.29 is 27.5 Å². The molecule has 6 rings (SSSR count). The van der Waals surface area contributed by atoms with Gasteiger partial charge in [0.15, 0.2) is 5.78 Å². The van der Waals surface area contributed by atoms with Gasteiger partial charge in [0.1, 0.15) is 39.9 Å². The third-order valence-electron chi connectivity index (χ3n) is 8.64. The maximum absolute atomic E-state index is 15.9. The van der Waals surface area contributed by atoms with E-state index in [0.29, 0.717) is 43.2 Å². The summed E-state index contributed by atoms with van der Waals surface area (Å²) in [6.45, 7) is 6.72. The number of nitrogen functional groups attached to an aromatic ring is 1. The second-order valence-corrected chi connectivity index (χ2v) is 12.0. The third-order valence-corrected chi connectivity index (χ3v) is 8.64. The first-order valence-corrected chi connectivity index (χ1v) is 14.3. The molecule has 2 aliphatic heterocycles. The highest BCUT2D eigenvalue weighted by Gasteiger charge is 2.55. The number of nitrogens with zero attached hydrogens (tertiary/aromatic N) is 4. The average Bonchev–Trinajstić information content (AvgIpc) is 3.40. The van der Waals surface area contributed by atoms with Crippen molar-refractivity contribution >= 4 is 28.8 Å². The van der Waals surface area contributed by atoms with Gasteiger partial charge in [-0.2, -0.15) is 0 Å². The number of ketones is 1. The Kier molecular flexibility index (Phi) is 7.41. The number of ether oxygens (including phenoxy) is 1. The molecule has 0 radical (unpaired) electrons. The smallest absolute Gasteiger partial charge is 0.264 e. The number of anilines is 2. The molecule has 4 N–H and O–H groups in total. The summed E-state index contributed by atoms with van der Waals surface area (Å²) in [5.74, 6) is -1.04. The fraction of sp³-hybridized carbons (Fsp3) is 0.387. The monoisotopic (exact) mass is 607 g/mol. The molecule has 0 aliphatic carbocycles. The van der Waals surface area contributed by atoms with Gasteiger partial charge in [0.05, 0.1) is 18.6 Å². The fourth-order valence-corrected chi connectivity index (χ4v) is 6.08. The maximum Gasteiger partial charge on any atom is 0.264 e. The van der Waals surface area contributed by atoms with Crippen molar-refractivity contribution in [3.63, 3.8) is 0 Å². The number of hydrogen-bond acceptors (Lipinski definition) is 8. The minimum Gasteiger partial charge on any atom is -0.382 e. The normalized spacial score (nSPS) is 21.3. The van der Waals surface area contributed by atoms with E-state index in [-0.39, 0.29) is 45.8 Å². The van der Waals surface area contributed by atoms with E-state index in [2.05, 4.69) is 27.5 Å². The molecule has 44 heavy (non-hydrogen) atoms. The predicted molar refractivity (Wildman–Crippen MR) is 157 cm³/mol. The number of carbonyl (C=O) groups excluding carboxylic acids is 2. The number of Topliss-reactive ketones (excluding diaryl/α,β-unsaturated/α-hetero) is 1. The molecule has 0 bridgehead atoms. The van der Waals surface area contributed by atoms with Crippen LogP contribution in [0.5, 0.6) is 0 Å². The lowest BCUT2D eigenvalue weighted by Gasteiger charge is -2.46. The summed E-state index contributed by atoms with van der Waals surface area (Å²) in [5, 5.41) is 5.88. The number of alkyl halides is 2. The standard InChI is InChI=1S/C31H32F3N7O3/c1-16-6-8-31(13-38-16,28(43)30(3)14-44-15-30)29-40-23(24-26(35)37-12-17(2)41(24)29)20-5-4-19(10-21(20)32)27(42)39-22-11-18(25(33)34)7-9-36-22/h4-5,7,9-12,16,25,38H,6,8,13-15H2,1-3H3,(H2,35,37)(H,36,39,42)/t16-,31-/m0/s1. The van der Waals surface area contributed by atoms with Gasteiger partial charge < -0.3 is 21.1 Å². The molecule has 230 valence electrons. The quantitative estimate of drug-likeness (QED) is 0.277. The molecule has 4 aromatic rings. The van der Waals surface area contributed by atoms with Gasteiger partial charge in [0.2, 0.25) is 0 Å². The van der Waals surface area contributed by atoms with Crippen LogP contribution in [0.25, 0.3) is 16.8 Å². The number of halogens is 3. The van der Waals surface area contributed by atoms with Crippen LogP contribution in [0.4, 0.5) is 24.8 Å². The van der Waals surface area contributed by atoms with Gasteiger partial charge in [-0.15, -0.1) is 0 Å². The Hall–Kier alpha value is -4.36. The van der Waals surface area contributed by atoms with Crippen LogP contribution >= 0.6 is 0 Å². The van der Waals surface area contributed by atoms with E-state index in [9.17, 15) is 18.4 Å². The van der Waals surface area contributed by atoms with E-state index >= 15 is 4.39 Å². The van der Waals surface area contributed by atoms with Crippen LogP contribution in [0.1, 0.15) is 60.6 Å². The average molecular weight is 608 g/mol. The second kappa shape index (κ2) is 11.0. The van der Waals surface area contributed by atoms with Crippen molar-refractivity contribution in [2.24, 2.45) is 5.41 Å². The van der Waals surface area contributed by atoms with Crippen molar-refractivity contribution in [2.45, 2.75) is 51.5 Å². The highest BCUT2D eigenvalue weighted by atomic mass is 19.3. The molecular formula is C31H32F3N7O3. The summed E-state index contributed by atoms with van der Waals surface area (Å²) in [4.78, 5) is 40.3. The first-order chi connectivity index (χ1) is 20.9. The predicted octanol–water partition coefficient (Wildman–Crippen LogP) is 4.63. The molecule has 0 saturated carbocycles. The van der Waals surface area contributed by atoms with Gasteiger partial charge >= 0.3 is 0 Å². The Balaban J connectivity index is 1.44. The van der Waals surface area contributed by atoms with Crippen LogP contribution in [0.15, 0.2) is 42.7 Å². The molecule has 0 unspecified atom stereocenters. The number of imidazole rings is 1. The number of hydrogen-bond donors (Lipinski definition) is 3. The van der Waals surface area contributed by atoms with E-state index in [4.69, 9.17) is 15.5 Å². The van der Waals surface area contributed by atoms with Gasteiger partial charge in [-0.1, -0.05) is 0 Å². The number of nitrogens with one attached hydrogen (secondary N) is 2. The number of amides is 1. The summed E-state index contributed by atoms with van der Waals surface area (Å²) in [5.41, 5.74) is 5.54. The number of fused-ring (bicyclic) bond motifs is 1. The number of piperidine rings is 1. The Morgan fingerprint density at radius 1 is 1.20 bits per heavy atom. The topological polar surface area (TPSA) is 137 Å². The van der Waals surface area contributed by atoms with E-state index in [0.717, 1.165) is 30.8 Å². The zero-order valence-corrected chi connectivity index (χ0v) is 24.5. The third kappa shape index (κ3) is 4.89. The lowest BCUT2D eigenvalue weighted by atomic mass is 9.65. The lowest BCUT2D eigenvalue weighted by molar-refractivity contribution is -0.162. The Labute approximate surface area is 251 Å². The van der Waals surface area contributed by atoms with Crippen molar-refractivity contribution in [3.05, 3.63) is 71.2 Å². The van der Waals surface area contributed by atoms with Crippen molar-refractivity contribution in [1.82, 2.24) is 24.7 Å². The maximum atomic E-state index is 15.9. The molecule has 2 fully saturated rings. The van der Waals surface area contributed by atoms with E-state index < -0.39 is 29.0 Å². The summed E-state index contributed by atoms with van der Waals surface area (Å²) in [7, 11) is 0. The first-order valence-electron chi connectivity index (χ1n) is 14.3. The van der Waals surface area contributed by atoms with Crippen molar-refractivity contribution in [1.29, 1.82) is 0 Å². The number of aryl methyl sites for hydroxylation is 1. The number of aromatic nitrogens is 4. The minimum absolute atomic E-state index is 0.000829. The largest absolute Gasteiger partial charge is 0.382 e. The molecule has 10 nitrogen and oxygen atoms in total. The van der Waals surface area contributed by atoms with Gasteiger partial charge in [0.25, 0.3) is 12.3 Å². The second-order valence-electron chi connectivity index (χ2n) is 12.0. The van der Waals surface area contributed by atoms with E-state index in [1.54, 1.807) is 10.6 Å². The van der Waals surface area contributed by atoms with Gasteiger partial charge in [0, 0.05) is 47.4 Å². The lowest BCUT2D eigenvalue weighted by Crippen LogP contribution is -2.61.